The Bertz CT molecular complexity index is 846. The minimum absolute atomic E-state index is 0. The Morgan fingerprint density at radius 1 is 1.00 bits per heavy atom. The van der Waals surface area contributed by atoms with E-state index in [1.54, 1.807) is 12.1 Å². The molecule has 25 heavy (non-hydrogen) atoms. The summed E-state index contributed by atoms with van der Waals surface area (Å²) in [7, 11) is -0.868. The third-order valence-electron chi connectivity index (χ3n) is 5.07. The summed E-state index contributed by atoms with van der Waals surface area (Å²) in [6.45, 7) is 5.38. The molecule has 0 spiro atoms. The van der Waals surface area contributed by atoms with Gasteiger partial charge in [-0.2, -0.15) is 0 Å². The van der Waals surface area contributed by atoms with Crippen LogP contribution in [-0.4, -0.2) is 27.8 Å². The van der Waals surface area contributed by atoms with Crippen molar-refractivity contribution in [3.05, 3.63) is 59.7 Å². The van der Waals surface area contributed by atoms with Crippen LogP contribution in [-0.2, 0) is 21.7 Å². The Hall–Kier alpha value is -0.550. The van der Waals surface area contributed by atoms with Crippen molar-refractivity contribution in [3.63, 3.8) is 0 Å². The van der Waals surface area contributed by atoms with Gasteiger partial charge in [-0.25, -0.2) is 8.42 Å². The zero-order valence-electron chi connectivity index (χ0n) is 15.0. The Kier molecular flexibility index (Phi) is 6.64. The molecule has 2 aromatic carbocycles. The van der Waals surface area contributed by atoms with Crippen molar-refractivity contribution in [1.82, 2.24) is 0 Å². The smallest absolute Gasteiger partial charge is 0.178 e. The van der Waals surface area contributed by atoms with Crippen LogP contribution >= 0.6 is 0 Å². The number of nitrogens with zero attached hydrogens (tertiary/aromatic N) is 1. The van der Waals surface area contributed by atoms with E-state index in [2.05, 4.69) is 50.1 Å². The molecule has 2 aromatic rings. The van der Waals surface area contributed by atoms with E-state index in [4.69, 9.17) is 0 Å². The normalized spacial score (nSPS) is 18.9. The maximum atomic E-state index is 11.8. The van der Waals surface area contributed by atoms with E-state index in [1.165, 1.54) is 24.2 Å². The van der Waals surface area contributed by atoms with Crippen LogP contribution < -0.4 is 4.90 Å². The second-order valence-corrected chi connectivity index (χ2v) is 9.33. The predicted molar refractivity (Wildman–Crippen MR) is 99.6 cm³/mol. The fraction of sp³-hybridized carbons (Fsp3) is 0.400. The Labute approximate surface area is 181 Å². The SMILES string of the molecule is CC1(C)CCS(=O)(=O)c2ccccc21.CN1CCc2ccccc21.[Ar]. The number of anilines is 1. The molecule has 0 unspecified atom stereocenters. The van der Waals surface area contributed by atoms with Gasteiger partial charge in [0.2, 0.25) is 0 Å². The average molecular weight is 383 g/mol. The van der Waals surface area contributed by atoms with E-state index in [1.807, 2.05) is 12.1 Å². The van der Waals surface area contributed by atoms with Gasteiger partial charge in [0.15, 0.2) is 9.84 Å². The van der Waals surface area contributed by atoms with Crippen molar-refractivity contribution < 1.29 is 46.2 Å². The maximum Gasteiger partial charge on any atom is 0.178 e. The zero-order valence-corrected chi connectivity index (χ0v) is 16.5. The van der Waals surface area contributed by atoms with Gasteiger partial charge in [0.05, 0.1) is 10.6 Å². The number of sulfone groups is 1. The molecule has 4 rings (SSSR count). The van der Waals surface area contributed by atoms with Crippen molar-refractivity contribution in [1.29, 1.82) is 0 Å². The van der Waals surface area contributed by atoms with Crippen LogP contribution in [0.25, 0.3) is 0 Å². The van der Waals surface area contributed by atoms with Gasteiger partial charge in [-0.05, 0) is 41.5 Å². The topological polar surface area (TPSA) is 37.4 Å². The summed E-state index contributed by atoms with van der Waals surface area (Å²) in [5.41, 5.74) is 3.85. The molecule has 0 N–H and O–H groups in total. The van der Waals surface area contributed by atoms with Crippen LogP contribution in [0.3, 0.4) is 0 Å². The first-order valence-corrected chi connectivity index (χ1v) is 10.1. The van der Waals surface area contributed by atoms with E-state index in [0.717, 1.165) is 5.56 Å². The summed E-state index contributed by atoms with van der Waals surface area (Å²) in [5, 5.41) is 0. The van der Waals surface area contributed by atoms with Crippen molar-refractivity contribution in [2.75, 3.05) is 24.2 Å². The minimum atomic E-state index is -3.01. The second kappa shape index (κ2) is 7.99. The monoisotopic (exact) mass is 383 g/mol. The van der Waals surface area contributed by atoms with Gasteiger partial charge in [-0.3, -0.25) is 0 Å². The van der Waals surface area contributed by atoms with Crippen LogP contribution in [0.5, 0.6) is 0 Å². The van der Waals surface area contributed by atoms with Crippen LogP contribution in [0.4, 0.5) is 5.69 Å². The van der Waals surface area contributed by atoms with Gasteiger partial charge in [0.25, 0.3) is 0 Å². The fourth-order valence-electron chi connectivity index (χ4n) is 3.43. The molecule has 2 aliphatic heterocycles. The zero-order chi connectivity index (χ0) is 17.4. The van der Waals surface area contributed by atoms with Crippen molar-refractivity contribution in [2.24, 2.45) is 0 Å². The molecule has 0 saturated carbocycles. The molecular formula is C20H25ArNO2S. The maximum absolute atomic E-state index is 11.8. The predicted octanol–water partition coefficient (Wildman–Crippen LogP) is 3.82. The van der Waals surface area contributed by atoms with Crippen LogP contribution in [0, 0.1) is 37.7 Å². The minimum Gasteiger partial charge on any atom is -0.374 e. The molecule has 0 aliphatic carbocycles. The second-order valence-electron chi connectivity index (χ2n) is 7.25. The number of para-hydroxylation sites is 1. The number of hydrogen-bond donors (Lipinski definition) is 0. The fourth-order valence-corrected chi connectivity index (χ4v) is 5.40. The van der Waals surface area contributed by atoms with Gasteiger partial charge in [0.1, 0.15) is 0 Å². The Balaban J connectivity index is 0.000000182. The van der Waals surface area contributed by atoms with Crippen molar-refractivity contribution >= 4 is 15.5 Å². The number of likely N-dealkylation sites (N-methyl/N-ethyl adjacent to an activating group) is 1. The van der Waals surface area contributed by atoms with Crippen LogP contribution in [0.1, 0.15) is 31.4 Å². The molecule has 0 atom stereocenters. The molecule has 0 aromatic heterocycles. The third kappa shape index (κ3) is 4.41. The Morgan fingerprint density at radius 3 is 2.32 bits per heavy atom. The molecule has 2 aliphatic rings. The van der Waals surface area contributed by atoms with Gasteiger partial charge in [-0.15, -0.1) is 0 Å². The largest absolute Gasteiger partial charge is 0.374 e. The molecule has 0 saturated heterocycles. The average Bonchev–Trinajstić information content (AvgIpc) is 2.95. The number of hydrogen-bond acceptors (Lipinski definition) is 3. The van der Waals surface area contributed by atoms with E-state index in [9.17, 15) is 8.42 Å². The van der Waals surface area contributed by atoms with Crippen LogP contribution in [0.15, 0.2) is 53.4 Å². The summed E-state index contributed by atoms with van der Waals surface area (Å²) in [6.07, 6.45) is 1.93. The first kappa shape index (κ1) is 20.8. The van der Waals surface area contributed by atoms with Gasteiger partial charge < -0.3 is 4.90 Å². The first-order chi connectivity index (χ1) is 11.3. The summed E-state index contributed by atoms with van der Waals surface area (Å²) in [6, 6.07) is 15.9. The molecule has 0 radical (unpaired) electrons. The molecule has 0 bridgehead atoms. The first-order valence-electron chi connectivity index (χ1n) is 8.42. The van der Waals surface area contributed by atoms with E-state index >= 15 is 0 Å². The molecule has 5 heteroatoms. The van der Waals surface area contributed by atoms with E-state index < -0.39 is 9.84 Å². The van der Waals surface area contributed by atoms with E-state index in [-0.39, 0.29) is 48.9 Å². The van der Waals surface area contributed by atoms with Crippen LogP contribution in [0.2, 0.25) is 0 Å². The van der Waals surface area contributed by atoms with Gasteiger partial charge in [0, 0.05) is 57.0 Å². The standard InChI is InChI=1S/C11H14O2S.C9H11N.Ar/c1-11(2)7-8-14(12,13)10-6-4-3-5-9(10)11;1-10-7-6-8-4-2-3-5-9(8)10;/h3-6H,7-8H2,1-2H3;2-5H,6-7H2,1H3;. The Morgan fingerprint density at radius 2 is 1.64 bits per heavy atom. The van der Waals surface area contributed by atoms with E-state index in [0.29, 0.717) is 11.3 Å². The summed E-state index contributed by atoms with van der Waals surface area (Å²) in [4.78, 5) is 2.83. The third-order valence-corrected chi connectivity index (χ3v) is 6.83. The molecule has 2 heterocycles. The summed E-state index contributed by atoms with van der Waals surface area (Å²) < 4.78 is 23.5. The summed E-state index contributed by atoms with van der Waals surface area (Å²) in [5.74, 6) is 0.275. The quantitative estimate of drug-likeness (QED) is 0.694. The molecule has 3 nitrogen and oxygen atoms in total. The van der Waals surface area contributed by atoms with Gasteiger partial charge >= 0.3 is 0 Å². The molecule has 0 fully saturated rings. The number of rotatable bonds is 0. The molecule has 0 amide bonds. The number of fused-ring (bicyclic) bond motifs is 2. The van der Waals surface area contributed by atoms with Gasteiger partial charge in [-0.1, -0.05) is 50.2 Å². The van der Waals surface area contributed by atoms with Crippen molar-refractivity contribution in [2.45, 2.75) is 37.0 Å². The summed E-state index contributed by atoms with van der Waals surface area (Å²) >= 11 is 0. The van der Waals surface area contributed by atoms with Crippen molar-refractivity contribution in [3.8, 4) is 0 Å². The number of benzene rings is 2. The molecular weight excluding hydrogens is 358 g/mol. The molecule has 136 valence electrons.